The third kappa shape index (κ3) is 4.73. The maximum absolute atomic E-state index is 12.9. The van der Waals surface area contributed by atoms with E-state index in [4.69, 9.17) is 31.5 Å². The molecule has 1 aliphatic heterocycles. The number of benzene rings is 1. The predicted molar refractivity (Wildman–Crippen MR) is 105 cm³/mol. The highest BCUT2D eigenvalue weighted by molar-refractivity contribution is 6.31. The highest BCUT2D eigenvalue weighted by atomic mass is 35.5. The molecule has 1 heterocycles. The highest BCUT2D eigenvalue weighted by Gasteiger charge is 2.40. The first-order valence-electron chi connectivity index (χ1n) is 8.89. The van der Waals surface area contributed by atoms with Crippen molar-refractivity contribution in [2.45, 2.75) is 19.8 Å². The van der Waals surface area contributed by atoms with Crippen LogP contribution in [0.4, 0.5) is 0 Å². The van der Waals surface area contributed by atoms with E-state index in [-0.39, 0.29) is 24.4 Å². The number of methoxy groups -OCH3 is 1. The Morgan fingerprint density at radius 2 is 1.93 bits per heavy atom. The van der Waals surface area contributed by atoms with Crippen molar-refractivity contribution in [3.05, 3.63) is 57.4 Å². The average molecular weight is 408 g/mol. The van der Waals surface area contributed by atoms with Crippen LogP contribution in [-0.2, 0) is 23.8 Å². The van der Waals surface area contributed by atoms with E-state index in [1.807, 2.05) is 0 Å². The SMILES string of the molecule is CCOC(=O)C1=C(COCCN)[N]C(C)=C(C(=O)OC)C1c1ccccc1Cl. The molecule has 1 atom stereocenters. The van der Waals surface area contributed by atoms with Gasteiger partial charge in [-0.15, -0.1) is 0 Å². The minimum atomic E-state index is -0.783. The lowest BCUT2D eigenvalue weighted by Gasteiger charge is -2.30. The van der Waals surface area contributed by atoms with Crippen molar-refractivity contribution >= 4 is 23.5 Å². The van der Waals surface area contributed by atoms with Gasteiger partial charge < -0.3 is 19.9 Å². The Morgan fingerprint density at radius 1 is 1.21 bits per heavy atom. The molecule has 1 aliphatic rings. The monoisotopic (exact) mass is 407 g/mol. The van der Waals surface area contributed by atoms with Crippen LogP contribution in [-0.4, -0.2) is 45.4 Å². The van der Waals surface area contributed by atoms with Gasteiger partial charge in [0.25, 0.3) is 0 Å². The van der Waals surface area contributed by atoms with E-state index in [2.05, 4.69) is 5.32 Å². The first kappa shape index (κ1) is 21.9. The van der Waals surface area contributed by atoms with Crippen molar-refractivity contribution in [3.8, 4) is 0 Å². The number of carbonyl (C=O) groups is 2. The molecule has 0 bridgehead atoms. The Bertz CT molecular complexity index is 804. The zero-order valence-corrected chi connectivity index (χ0v) is 16.9. The van der Waals surface area contributed by atoms with Crippen molar-refractivity contribution in [2.75, 3.05) is 33.5 Å². The van der Waals surface area contributed by atoms with Gasteiger partial charge in [0.1, 0.15) is 0 Å². The molecule has 151 valence electrons. The standard InChI is InChI=1S/C20H24ClN2O5/c1-4-28-20(25)18-15(11-27-10-9-22)23-12(2)16(19(24)26-3)17(18)13-7-5-6-8-14(13)21/h5-8,17H,4,9-11,22H2,1-3H3. The van der Waals surface area contributed by atoms with Gasteiger partial charge in [-0.05, 0) is 25.5 Å². The summed E-state index contributed by atoms with van der Waals surface area (Å²) in [7, 11) is 1.28. The fourth-order valence-electron chi connectivity index (χ4n) is 3.05. The van der Waals surface area contributed by atoms with Gasteiger partial charge in [0, 0.05) is 17.3 Å². The van der Waals surface area contributed by atoms with E-state index in [0.29, 0.717) is 35.1 Å². The maximum Gasteiger partial charge on any atom is 0.336 e. The van der Waals surface area contributed by atoms with Crippen LogP contribution < -0.4 is 11.1 Å². The molecule has 0 spiro atoms. The van der Waals surface area contributed by atoms with E-state index in [1.54, 1.807) is 38.1 Å². The second-order valence-corrected chi connectivity index (χ2v) is 6.39. The average Bonchev–Trinajstić information content (AvgIpc) is 2.67. The van der Waals surface area contributed by atoms with Gasteiger partial charge in [-0.25, -0.2) is 9.59 Å². The first-order chi connectivity index (χ1) is 13.5. The van der Waals surface area contributed by atoms with Crippen molar-refractivity contribution in [3.63, 3.8) is 0 Å². The summed E-state index contributed by atoms with van der Waals surface area (Å²) in [5, 5.41) is 4.85. The summed E-state index contributed by atoms with van der Waals surface area (Å²) in [4.78, 5) is 25.4. The normalized spacial score (nSPS) is 16.7. The Morgan fingerprint density at radius 3 is 2.54 bits per heavy atom. The smallest absolute Gasteiger partial charge is 0.336 e. The quantitative estimate of drug-likeness (QED) is 0.524. The summed E-state index contributed by atoms with van der Waals surface area (Å²) in [6.45, 7) is 4.25. The van der Waals surface area contributed by atoms with Crippen LogP contribution in [0.2, 0.25) is 5.02 Å². The predicted octanol–water partition coefficient (Wildman–Crippen LogP) is 2.28. The lowest BCUT2D eigenvalue weighted by Crippen LogP contribution is -2.32. The van der Waals surface area contributed by atoms with Crippen molar-refractivity contribution in [1.29, 1.82) is 0 Å². The molecule has 2 rings (SSSR count). The number of allylic oxidation sites excluding steroid dienone is 1. The van der Waals surface area contributed by atoms with E-state index in [1.165, 1.54) is 7.11 Å². The molecule has 1 aromatic carbocycles. The molecule has 0 aromatic heterocycles. The summed E-state index contributed by atoms with van der Waals surface area (Å²) in [6.07, 6.45) is 0. The van der Waals surface area contributed by atoms with Crippen molar-refractivity contribution in [1.82, 2.24) is 5.32 Å². The number of esters is 2. The summed E-state index contributed by atoms with van der Waals surface area (Å²) in [5.41, 5.74) is 7.31. The molecule has 0 amide bonds. The zero-order chi connectivity index (χ0) is 20.7. The minimum Gasteiger partial charge on any atom is -0.466 e. The Labute approximate surface area is 169 Å². The van der Waals surface area contributed by atoms with Crippen LogP contribution in [0.5, 0.6) is 0 Å². The molecular weight excluding hydrogens is 384 g/mol. The lowest BCUT2D eigenvalue weighted by atomic mass is 9.80. The molecule has 0 aliphatic carbocycles. The Hall–Kier alpha value is -2.35. The fourth-order valence-corrected chi connectivity index (χ4v) is 3.29. The summed E-state index contributed by atoms with van der Waals surface area (Å²) in [6, 6.07) is 7.00. The van der Waals surface area contributed by atoms with Crippen LogP contribution in [0.25, 0.3) is 0 Å². The second-order valence-electron chi connectivity index (χ2n) is 5.98. The number of halogens is 1. The molecule has 1 radical (unpaired) electrons. The van der Waals surface area contributed by atoms with Crippen LogP contribution in [0.15, 0.2) is 46.8 Å². The number of nitrogens with two attached hydrogens (primary N) is 1. The van der Waals surface area contributed by atoms with Gasteiger partial charge in [0.05, 0.1) is 49.7 Å². The zero-order valence-electron chi connectivity index (χ0n) is 16.2. The number of nitrogens with zero attached hydrogens (tertiary/aromatic N) is 1. The second kappa shape index (κ2) is 10.3. The van der Waals surface area contributed by atoms with Crippen LogP contribution in [0, 0.1) is 0 Å². The van der Waals surface area contributed by atoms with E-state index in [0.717, 1.165) is 0 Å². The largest absolute Gasteiger partial charge is 0.466 e. The van der Waals surface area contributed by atoms with Crippen LogP contribution in [0.1, 0.15) is 25.3 Å². The molecular formula is C20H24ClN2O5. The summed E-state index contributed by atoms with van der Waals surface area (Å²) < 4.78 is 15.7. The number of hydrogen-bond donors (Lipinski definition) is 1. The minimum absolute atomic E-state index is 0.0537. The molecule has 1 aromatic rings. The Kier molecular flexibility index (Phi) is 8.04. The summed E-state index contributed by atoms with van der Waals surface area (Å²) in [5.74, 6) is -1.96. The molecule has 0 saturated carbocycles. The van der Waals surface area contributed by atoms with Gasteiger partial charge in [-0.2, -0.15) is 0 Å². The topological polar surface area (TPSA) is 102 Å². The van der Waals surface area contributed by atoms with Gasteiger partial charge in [0.15, 0.2) is 0 Å². The van der Waals surface area contributed by atoms with Crippen LogP contribution >= 0.6 is 11.6 Å². The first-order valence-corrected chi connectivity index (χ1v) is 9.27. The van der Waals surface area contributed by atoms with Gasteiger partial charge in [0.2, 0.25) is 0 Å². The van der Waals surface area contributed by atoms with E-state index < -0.39 is 17.9 Å². The van der Waals surface area contributed by atoms with E-state index >= 15 is 0 Å². The van der Waals surface area contributed by atoms with E-state index in [9.17, 15) is 9.59 Å². The number of ether oxygens (including phenoxy) is 3. The summed E-state index contributed by atoms with van der Waals surface area (Å²) >= 11 is 6.41. The third-order valence-electron chi connectivity index (χ3n) is 4.20. The van der Waals surface area contributed by atoms with Crippen molar-refractivity contribution in [2.24, 2.45) is 5.73 Å². The number of carbonyl (C=O) groups excluding carboxylic acids is 2. The third-order valence-corrected chi connectivity index (χ3v) is 4.54. The molecule has 28 heavy (non-hydrogen) atoms. The lowest BCUT2D eigenvalue weighted by molar-refractivity contribution is -0.139. The molecule has 2 N–H and O–H groups in total. The molecule has 0 saturated heterocycles. The number of rotatable bonds is 8. The van der Waals surface area contributed by atoms with Crippen LogP contribution in [0.3, 0.4) is 0 Å². The highest BCUT2D eigenvalue weighted by Crippen LogP contribution is 2.42. The molecule has 7 nitrogen and oxygen atoms in total. The van der Waals surface area contributed by atoms with Gasteiger partial charge in [-0.1, -0.05) is 29.8 Å². The molecule has 8 heteroatoms. The molecule has 1 unspecified atom stereocenters. The number of hydrogen-bond acceptors (Lipinski definition) is 6. The van der Waals surface area contributed by atoms with Gasteiger partial charge >= 0.3 is 11.9 Å². The molecule has 0 fully saturated rings. The fraction of sp³-hybridized carbons (Fsp3) is 0.400. The maximum atomic E-state index is 12.9. The van der Waals surface area contributed by atoms with Crippen molar-refractivity contribution < 1.29 is 23.8 Å². The van der Waals surface area contributed by atoms with Gasteiger partial charge in [-0.3, -0.25) is 5.32 Å². The Balaban J connectivity index is 2.67.